The van der Waals surface area contributed by atoms with E-state index in [-0.39, 0.29) is 31.4 Å². The highest BCUT2D eigenvalue weighted by atomic mass is 16.6. The number of rotatable bonds is 6. The Balaban J connectivity index is 1.54. The van der Waals surface area contributed by atoms with Crippen LogP contribution in [0.1, 0.15) is 52.5 Å². The van der Waals surface area contributed by atoms with Crippen molar-refractivity contribution in [3.63, 3.8) is 0 Å². The number of fused-ring (bicyclic) bond motifs is 1. The fraction of sp³-hybridized carbons (Fsp3) is 0.333. The lowest BCUT2D eigenvalue weighted by Crippen LogP contribution is -2.37. The van der Waals surface area contributed by atoms with Crippen molar-refractivity contribution in [3.05, 3.63) is 71.3 Å². The summed E-state index contributed by atoms with van der Waals surface area (Å²) in [6, 6.07) is 15.8. The van der Waals surface area contributed by atoms with E-state index in [0.717, 1.165) is 5.56 Å². The molecule has 2 atom stereocenters. The number of cyclic esters (lactones) is 1. The van der Waals surface area contributed by atoms with Crippen LogP contribution in [-0.4, -0.2) is 47.9 Å². The van der Waals surface area contributed by atoms with Crippen LogP contribution < -0.4 is 0 Å². The number of imide groups is 1. The van der Waals surface area contributed by atoms with Crippen LogP contribution in [0.2, 0.25) is 0 Å². The van der Waals surface area contributed by atoms with Crippen molar-refractivity contribution >= 4 is 23.8 Å². The molecular weight excluding hydrogens is 398 g/mol. The zero-order chi connectivity index (χ0) is 22.2. The SMILES string of the molecule is CC1(C)COC(=O)[C@@H]1OC(=O)C[C@@H](CN1C(=O)c2ccccc2C1=O)c1ccccc1. The summed E-state index contributed by atoms with van der Waals surface area (Å²) in [6.45, 7) is 3.80. The number of hydrogen-bond donors (Lipinski definition) is 0. The highest BCUT2D eigenvalue weighted by Gasteiger charge is 2.47. The smallest absolute Gasteiger partial charge is 0.348 e. The van der Waals surface area contributed by atoms with Gasteiger partial charge in [-0.05, 0) is 17.7 Å². The van der Waals surface area contributed by atoms with E-state index in [1.54, 1.807) is 38.1 Å². The Bertz CT molecular complexity index is 1010. The van der Waals surface area contributed by atoms with Gasteiger partial charge in [0.05, 0.1) is 17.5 Å². The van der Waals surface area contributed by atoms with E-state index in [1.807, 2.05) is 30.3 Å². The van der Waals surface area contributed by atoms with Crippen LogP contribution in [0.4, 0.5) is 0 Å². The van der Waals surface area contributed by atoms with Gasteiger partial charge in [-0.25, -0.2) is 4.79 Å². The fourth-order valence-electron chi connectivity index (χ4n) is 3.95. The summed E-state index contributed by atoms with van der Waals surface area (Å²) >= 11 is 0. The van der Waals surface area contributed by atoms with Crippen molar-refractivity contribution < 1.29 is 28.7 Å². The molecular formula is C24H23NO6. The quantitative estimate of drug-likeness (QED) is 0.526. The summed E-state index contributed by atoms with van der Waals surface area (Å²) in [5, 5.41) is 0. The molecule has 2 aromatic carbocycles. The minimum absolute atomic E-state index is 0.0317. The highest BCUT2D eigenvalue weighted by molar-refractivity contribution is 6.21. The molecule has 7 nitrogen and oxygen atoms in total. The molecule has 31 heavy (non-hydrogen) atoms. The zero-order valence-electron chi connectivity index (χ0n) is 17.4. The number of benzene rings is 2. The van der Waals surface area contributed by atoms with E-state index in [0.29, 0.717) is 11.1 Å². The topological polar surface area (TPSA) is 90.0 Å². The number of carbonyl (C=O) groups excluding carboxylic acids is 4. The van der Waals surface area contributed by atoms with Crippen LogP contribution in [0, 0.1) is 5.41 Å². The first-order valence-corrected chi connectivity index (χ1v) is 10.1. The molecule has 1 fully saturated rings. The van der Waals surface area contributed by atoms with Gasteiger partial charge in [0.15, 0.2) is 0 Å². The predicted octanol–water partition coefficient (Wildman–Crippen LogP) is 2.95. The summed E-state index contributed by atoms with van der Waals surface area (Å²) < 4.78 is 10.5. The Morgan fingerprint density at radius 3 is 2.16 bits per heavy atom. The molecule has 2 aromatic rings. The number of nitrogens with zero attached hydrogens (tertiary/aromatic N) is 1. The third-order valence-corrected chi connectivity index (χ3v) is 5.72. The first-order valence-electron chi connectivity index (χ1n) is 10.1. The second kappa shape index (κ2) is 7.98. The molecule has 1 saturated heterocycles. The van der Waals surface area contributed by atoms with Crippen LogP contribution in [0.5, 0.6) is 0 Å². The second-order valence-corrected chi connectivity index (χ2v) is 8.54. The molecule has 160 valence electrons. The average Bonchev–Trinajstić information content (AvgIpc) is 3.16. The van der Waals surface area contributed by atoms with Gasteiger partial charge in [0, 0.05) is 17.9 Å². The maximum absolute atomic E-state index is 12.8. The van der Waals surface area contributed by atoms with Gasteiger partial charge in [0.2, 0.25) is 6.10 Å². The number of esters is 2. The van der Waals surface area contributed by atoms with Crippen LogP contribution >= 0.6 is 0 Å². The molecule has 0 bridgehead atoms. The third-order valence-electron chi connectivity index (χ3n) is 5.72. The molecule has 0 aromatic heterocycles. The van der Waals surface area contributed by atoms with Gasteiger partial charge in [-0.2, -0.15) is 0 Å². The Hall–Kier alpha value is -3.48. The Morgan fingerprint density at radius 1 is 1.03 bits per heavy atom. The number of amides is 2. The lowest BCUT2D eigenvalue weighted by atomic mass is 9.89. The Morgan fingerprint density at radius 2 is 1.61 bits per heavy atom. The maximum atomic E-state index is 12.8. The van der Waals surface area contributed by atoms with Crippen molar-refractivity contribution in [2.45, 2.75) is 32.3 Å². The van der Waals surface area contributed by atoms with Gasteiger partial charge >= 0.3 is 11.9 Å². The average molecular weight is 421 g/mol. The number of ether oxygens (including phenoxy) is 2. The normalized spacial score (nSPS) is 20.4. The molecule has 0 spiro atoms. The van der Waals surface area contributed by atoms with E-state index in [9.17, 15) is 19.2 Å². The van der Waals surface area contributed by atoms with E-state index in [4.69, 9.17) is 9.47 Å². The van der Waals surface area contributed by atoms with Gasteiger partial charge in [0.25, 0.3) is 11.8 Å². The van der Waals surface area contributed by atoms with Gasteiger partial charge in [-0.1, -0.05) is 56.3 Å². The zero-order valence-corrected chi connectivity index (χ0v) is 17.4. The summed E-state index contributed by atoms with van der Waals surface area (Å²) in [7, 11) is 0. The van der Waals surface area contributed by atoms with Crippen LogP contribution in [0.15, 0.2) is 54.6 Å². The summed E-state index contributed by atoms with van der Waals surface area (Å²) in [5.74, 6) is -2.38. The maximum Gasteiger partial charge on any atom is 0.348 e. The van der Waals surface area contributed by atoms with Crippen LogP contribution in [-0.2, 0) is 19.1 Å². The van der Waals surface area contributed by atoms with Gasteiger partial charge in [-0.15, -0.1) is 0 Å². The number of hydrogen-bond acceptors (Lipinski definition) is 6. The van der Waals surface area contributed by atoms with Crippen molar-refractivity contribution in [2.24, 2.45) is 5.41 Å². The summed E-state index contributed by atoms with van der Waals surface area (Å²) in [4.78, 5) is 51.5. The van der Waals surface area contributed by atoms with E-state index >= 15 is 0 Å². The lowest BCUT2D eigenvalue weighted by Gasteiger charge is -2.25. The lowest BCUT2D eigenvalue weighted by molar-refractivity contribution is -0.163. The van der Waals surface area contributed by atoms with E-state index in [1.165, 1.54) is 4.90 Å². The van der Waals surface area contributed by atoms with Gasteiger partial charge in [-0.3, -0.25) is 19.3 Å². The molecule has 2 aliphatic rings. The first kappa shape index (κ1) is 20.8. The Kier molecular flexibility index (Phi) is 5.35. The van der Waals surface area contributed by atoms with Crippen molar-refractivity contribution in [1.29, 1.82) is 0 Å². The Labute approximate surface area is 179 Å². The van der Waals surface area contributed by atoms with Crippen molar-refractivity contribution in [3.8, 4) is 0 Å². The molecule has 0 N–H and O–H groups in total. The largest absolute Gasteiger partial charge is 0.462 e. The monoisotopic (exact) mass is 421 g/mol. The minimum atomic E-state index is -0.976. The summed E-state index contributed by atoms with van der Waals surface area (Å²) in [5.41, 5.74) is 0.899. The van der Waals surface area contributed by atoms with Gasteiger partial charge < -0.3 is 9.47 Å². The summed E-state index contributed by atoms with van der Waals surface area (Å²) in [6.07, 6.45) is -1.06. The molecule has 0 saturated carbocycles. The highest BCUT2D eigenvalue weighted by Crippen LogP contribution is 2.33. The molecule has 0 aliphatic carbocycles. The van der Waals surface area contributed by atoms with Gasteiger partial charge in [0.1, 0.15) is 6.61 Å². The molecule has 4 rings (SSSR count). The van der Waals surface area contributed by atoms with Crippen molar-refractivity contribution in [2.75, 3.05) is 13.2 Å². The predicted molar refractivity (Wildman–Crippen MR) is 110 cm³/mol. The standard InChI is InChI=1S/C24H23NO6/c1-24(2)14-30-23(29)20(24)31-19(26)12-16(15-8-4-3-5-9-15)13-25-21(27)17-10-6-7-11-18(17)22(25)28/h3-11,16,20H,12-14H2,1-2H3/t16-,20-/m0/s1. The number of carbonyl (C=O) groups is 4. The van der Waals surface area contributed by atoms with E-state index < -0.39 is 29.4 Å². The van der Waals surface area contributed by atoms with Crippen LogP contribution in [0.3, 0.4) is 0 Å². The molecule has 0 unspecified atom stereocenters. The molecule has 2 heterocycles. The second-order valence-electron chi connectivity index (χ2n) is 8.54. The third kappa shape index (κ3) is 3.95. The molecule has 7 heteroatoms. The first-order chi connectivity index (χ1) is 14.8. The molecule has 0 radical (unpaired) electrons. The van der Waals surface area contributed by atoms with Crippen molar-refractivity contribution in [1.82, 2.24) is 4.90 Å². The molecule has 2 amide bonds. The molecule has 2 aliphatic heterocycles. The van der Waals surface area contributed by atoms with Crippen LogP contribution in [0.25, 0.3) is 0 Å². The minimum Gasteiger partial charge on any atom is -0.462 e. The van der Waals surface area contributed by atoms with E-state index in [2.05, 4.69) is 0 Å². The fourth-order valence-corrected chi connectivity index (χ4v) is 3.95.